The van der Waals surface area contributed by atoms with E-state index >= 15 is 0 Å². The Labute approximate surface area is 115 Å². The molecule has 82 valence electrons. The van der Waals surface area contributed by atoms with Gasteiger partial charge in [0, 0.05) is 16.2 Å². The van der Waals surface area contributed by atoms with Gasteiger partial charge < -0.3 is 5.32 Å². The molecule has 0 aliphatic rings. The number of carbonyl (C=O) groups excluding carboxylic acids is 1. The number of anilines is 1. The lowest BCUT2D eigenvalue weighted by Crippen LogP contribution is -2.11. The predicted octanol–water partition coefficient (Wildman–Crippen LogP) is 4.48. The van der Waals surface area contributed by atoms with Crippen LogP contribution in [-0.4, -0.2) is 11.2 Å². The smallest absolute Gasteiger partial charge is 0.225 e. The highest BCUT2D eigenvalue weighted by atomic mass is 79.9. The Kier molecular flexibility index (Phi) is 5.39. The fourth-order valence-electron chi connectivity index (χ4n) is 0.921. The van der Waals surface area contributed by atoms with E-state index in [1.807, 2.05) is 0 Å². The van der Waals surface area contributed by atoms with Gasteiger partial charge in [0.2, 0.25) is 5.91 Å². The zero-order valence-corrected chi connectivity index (χ0v) is 12.2. The number of benzene rings is 1. The number of carbonyl (C=O) groups is 1. The van der Waals surface area contributed by atoms with Crippen molar-refractivity contribution in [2.45, 2.75) is 6.42 Å². The van der Waals surface area contributed by atoms with Crippen LogP contribution in [0.4, 0.5) is 5.69 Å². The highest BCUT2D eigenvalue weighted by Gasteiger charge is 2.10. The van der Waals surface area contributed by atoms with Crippen LogP contribution in [0, 0.1) is 0 Å². The molecule has 1 N–H and O–H groups in total. The molecule has 1 amide bonds. The van der Waals surface area contributed by atoms with Gasteiger partial charge >= 0.3 is 0 Å². The molecule has 1 aromatic rings. The topological polar surface area (TPSA) is 29.1 Å². The van der Waals surface area contributed by atoms with Gasteiger partial charge in [0.1, 0.15) is 0 Å². The third kappa shape index (κ3) is 3.63. The van der Waals surface area contributed by atoms with Crippen molar-refractivity contribution in [3.63, 3.8) is 0 Å². The molecule has 15 heavy (non-hydrogen) atoms. The van der Waals surface area contributed by atoms with Gasteiger partial charge in [-0.25, -0.2) is 0 Å². The van der Waals surface area contributed by atoms with E-state index in [4.69, 9.17) is 23.2 Å². The summed E-state index contributed by atoms with van der Waals surface area (Å²) in [6.07, 6.45) is 0.393. The number of rotatable bonds is 3. The van der Waals surface area contributed by atoms with Crippen LogP contribution in [0.25, 0.3) is 0 Å². The Morgan fingerprint density at radius 3 is 2.60 bits per heavy atom. The third-order valence-electron chi connectivity index (χ3n) is 1.63. The summed E-state index contributed by atoms with van der Waals surface area (Å²) in [5, 5.41) is 4.02. The monoisotopic (exact) mass is 373 g/mol. The minimum atomic E-state index is -0.104. The summed E-state index contributed by atoms with van der Waals surface area (Å²) in [7, 11) is 0. The second kappa shape index (κ2) is 6.09. The molecule has 0 aliphatic carbocycles. The van der Waals surface area contributed by atoms with E-state index in [9.17, 15) is 4.79 Å². The Morgan fingerprint density at radius 2 is 2.00 bits per heavy atom. The van der Waals surface area contributed by atoms with Crippen LogP contribution in [0.15, 0.2) is 16.6 Å². The minimum absolute atomic E-state index is 0.104. The molecule has 0 heterocycles. The fraction of sp³-hybridized carbons (Fsp3) is 0.222. The van der Waals surface area contributed by atoms with E-state index in [-0.39, 0.29) is 5.91 Å². The molecule has 1 aromatic carbocycles. The maximum Gasteiger partial charge on any atom is 0.225 e. The van der Waals surface area contributed by atoms with Gasteiger partial charge in [0.25, 0.3) is 0 Å². The van der Waals surface area contributed by atoms with Gasteiger partial charge in [-0.1, -0.05) is 39.1 Å². The molecule has 0 spiro atoms. The summed E-state index contributed by atoms with van der Waals surface area (Å²) in [6, 6.07) is 3.43. The second-order valence-electron chi connectivity index (χ2n) is 2.71. The molecule has 0 atom stereocenters. The van der Waals surface area contributed by atoms with Gasteiger partial charge in [-0.3, -0.25) is 4.79 Å². The number of hydrogen-bond donors (Lipinski definition) is 1. The number of nitrogens with one attached hydrogen (secondary N) is 1. The number of amides is 1. The molecule has 6 heteroatoms. The standard InChI is InChI=1S/C9H7Br2Cl2NO/c10-4-3-7(15)14-6-2-1-5(11)8(12)9(6)13/h1-2H,3-4H2,(H,14,15). The zero-order valence-electron chi connectivity index (χ0n) is 7.49. The number of alkyl halides is 1. The molecule has 0 fully saturated rings. The minimum Gasteiger partial charge on any atom is -0.325 e. The Morgan fingerprint density at radius 1 is 1.33 bits per heavy atom. The molecule has 0 saturated heterocycles. The summed E-state index contributed by atoms with van der Waals surface area (Å²) in [5.74, 6) is -0.104. The van der Waals surface area contributed by atoms with Crippen LogP contribution in [0.1, 0.15) is 6.42 Å². The van der Waals surface area contributed by atoms with Crippen molar-refractivity contribution in [3.8, 4) is 0 Å². The van der Waals surface area contributed by atoms with E-state index in [0.717, 1.165) is 0 Å². The van der Waals surface area contributed by atoms with Crippen molar-refractivity contribution >= 4 is 66.7 Å². The van der Waals surface area contributed by atoms with Crippen LogP contribution in [0.5, 0.6) is 0 Å². The zero-order chi connectivity index (χ0) is 11.4. The summed E-state index contributed by atoms with van der Waals surface area (Å²) in [4.78, 5) is 11.3. The molecule has 0 saturated carbocycles. The predicted molar refractivity (Wildman–Crippen MR) is 71.2 cm³/mol. The number of hydrogen-bond acceptors (Lipinski definition) is 1. The van der Waals surface area contributed by atoms with Gasteiger partial charge in [-0.2, -0.15) is 0 Å². The molecule has 0 bridgehead atoms. The molecular formula is C9H7Br2Cl2NO. The first-order chi connectivity index (χ1) is 7.06. The highest BCUT2D eigenvalue weighted by Crippen LogP contribution is 2.35. The third-order valence-corrected chi connectivity index (χ3v) is 3.80. The molecule has 0 unspecified atom stereocenters. The molecule has 2 nitrogen and oxygen atoms in total. The van der Waals surface area contributed by atoms with Gasteiger partial charge in [0.05, 0.1) is 15.7 Å². The van der Waals surface area contributed by atoms with Crippen LogP contribution in [0.2, 0.25) is 10.0 Å². The van der Waals surface area contributed by atoms with Gasteiger partial charge in [0.15, 0.2) is 0 Å². The van der Waals surface area contributed by atoms with Crippen molar-refractivity contribution in [1.82, 2.24) is 0 Å². The lowest BCUT2D eigenvalue weighted by Gasteiger charge is -2.08. The lowest BCUT2D eigenvalue weighted by molar-refractivity contribution is -0.115. The van der Waals surface area contributed by atoms with Gasteiger partial charge in [-0.05, 0) is 28.1 Å². The van der Waals surface area contributed by atoms with E-state index in [2.05, 4.69) is 37.2 Å². The molecule has 0 aromatic heterocycles. The highest BCUT2D eigenvalue weighted by molar-refractivity contribution is 9.10. The molecule has 0 radical (unpaired) electrons. The van der Waals surface area contributed by atoms with Crippen molar-refractivity contribution in [1.29, 1.82) is 0 Å². The van der Waals surface area contributed by atoms with E-state index in [1.54, 1.807) is 12.1 Å². The fourth-order valence-corrected chi connectivity index (χ4v) is 2.10. The molecule has 0 aliphatic heterocycles. The molecule has 1 rings (SSSR count). The van der Waals surface area contributed by atoms with Crippen LogP contribution in [-0.2, 0) is 4.79 Å². The first-order valence-corrected chi connectivity index (χ1v) is 6.72. The van der Waals surface area contributed by atoms with E-state index < -0.39 is 0 Å². The van der Waals surface area contributed by atoms with Crippen LogP contribution in [0.3, 0.4) is 0 Å². The summed E-state index contributed by atoms with van der Waals surface area (Å²) in [5.41, 5.74) is 0.524. The maximum atomic E-state index is 11.3. The summed E-state index contributed by atoms with van der Waals surface area (Å²) < 4.78 is 0.702. The Hall–Kier alpha value is 0.230. The van der Waals surface area contributed by atoms with Crippen molar-refractivity contribution in [2.24, 2.45) is 0 Å². The average Bonchev–Trinajstić information content (AvgIpc) is 2.20. The quantitative estimate of drug-likeness (QED) is 0.612. The first kappa shape index (κ1) is 13.3. The summed E-state index contributed by atoms with van der Waals surface area (Å²) in [6.45, 7) is 0. The average molecular weight is 376 g/mol. The normalized spacial score (nSPS) is 10.1. The maximum absolute atomic E-state index is 11.3. The largest absolute Gasteiger partial charge is 0.325 e. The first-order valence-electron chi connectivity index (χ1n) is 4.05. The van der Waals surface area contributed by atoms with Crippen molar-refractivity contribution in [3.05, 3.63) is 26.7 Å². The molecular weight excluding hydrogens is 369 g/mol. The van der Waals surface area contributed by atoms with Crippen molar-refractivity contribution in [2.75, 3.05) is 10.6 Å². The Bertz CT molecular complexity index is 385. The van der Waals surface area contributed by atoms with E-state index in [1.165, 1.54) is 0 Å². The van der Waals surface area contributed by atoms with E-state index in [0.29, 0.717) is 32.0 Å². The SMILES string of the molecule is O=C(CCBr)Nc1ccc(Br)c(Cl)c1Cl. The lowest BCUT2D eigenvalue weighted by atomic mass is 10.3. The second-order valence-corrected chi connectivity index (χ2v) is 5.11. The van der Waals surface area contributed by atoms with Crippen LogP contribution >= 0.6 is 55.1 Å². The van der Waals surface area contributed by atoms with Crippen molar-refractivity contribution < 1.29 is 4.79 Å². The Balaban J connectivity index is 2.87. The number of halogens is 4. The summed E-state index contributed by atoms with van der Waals surface area (Å²) >= 11 is 18.3. The van der Waals surface area contributed by atoms with Crippen LogP contribution < -0.4 is 5.32 Å². The van der Waals surface area contributed by atoms with Gasteiger partial charge in [-0.15, -0.1) is 0 Å².